The van der Waals surface area contributed by atoms with Gasteiger partial charge >= 0.3 is 0 Å². The third-order valence-corrected chi connectivity index (χ3v) is 4.63. The van der Waals surface area contributed by atoms with Crippen molar-refractivity contribution in [3.63, 3.8) is 0 Å². The Labute approximate surface area is 151 Å². The van der Waals surface area contributed by atoms with Gasteiger partial charge in [0, 0.05) is 58.9 Å². The molecule has 4 nitrogen and oxygen atoms in total. The van der Waals surface area contributed by atoms with Crippen LogP contribution in [0.4, 0.5) is 0 Å². The van der Waals surface area contributed by atoms with E-state index in [-0.39, 0.29) is 0 Å². The Kier molecular flexibility index (Phi) is 7.46. The first kappa shape index (κ1) is 18.1. The van der Waals surface area contributed by atoms with Gasteiger partial charge in [0.05, 0.1) is 0 Å². The number of hydrogen-bond acceptors (Lipinski definition) is 4. The van der Waals surface area contributed by atoms with Crippen molar-refractivity contribution >= 4 is 0 Å². The predicted molar refractivity (Wildman–Crippen MR) is 106 cm³/mol. The van der Waals surface area contributed by atoms with Crippen LogP contribution in [-0.2, 0) is 6.54 Å². The Morgan fingerprint density at radius 3 is 1.72 bits per heavy atom. The molecule has 2 aromatic carbocycles. The molecule has 134 valence electrons. The summed E-state index contributed by atoms with van der Waals surface area (Å²) in [5, 5.41) is 10.5. The zero-order valence-electron chi connectivity index (χ0n) is 15.0. The smallest absolute Gasteiger partial charge is 0.0234 e. The summed E-state index contributed by atoms with van der Waals surface area (Å²) in [6, 6.07) is 19.6. The number of hydrogen-bond donors (Lipinski definition) is 3. The lowest BCUT2D eigenvalue weighted by atomic mass is 10.0. The topological polar surface area (TPSA) is 39.3 Å². The number of benzene rings is 2. The van der Waals surface area contributed by atoms with Gasteiger partial charge in [-0.3, -0.25) is 4.90 Å². The summed E-state index contributed by atoms with van der Waals surface area (Å²) in [6.07, 6.45) is 0. The monoisotopic (exact) mass is 338 g/mol. The van der Waals surface area contributed by atoms with Crippen LogP contribution in [0.15, 0.2) is 54.6 Å². The van der Waals surface area contributed by atoms with E-state index < -0.39 is 0 Å². The second-order valence-electron chi connectivity index (χ2n) is 6.59. The fourth-order valence-electron chi connectivity index (χ4n) is 3.16. The van der Waals surface area contributed by atoms with Crippen molar-refractivity contribution in [2.75, 3.05) is 52.4 Å². The number of nitrogens with one attached hydrogen (secondary N) is 3. The second kappa shape index (κ2) is 10.3. The van der Waals surface area contributed by atoms with E-state index >= 15 is 0 Å². The van der Waals surface area contributed by atoms with Crippen LogP contribution < -0.4 is 16.0 Å². The van der Waals surface area contributed by atoms with E-state index in [1.165, 1.54) is 16.7 Å². The molecule has 1 aliphatic rings. The molecule has 0 saturated carbocycles. The second-order valence-corrected chi connectivity index (χ2v) is 6.59. The SMILES string of the molecule is c1ccc(-c2ccc(CN3CCNCCNCCNCC3)cc2)cc1. The minimum absolute atomic E-state index is 1.01. The molecule has 0 aliphatic carbocycles. The fraction of sp³-hybridized carbons (Fsp3) is 0.429. The molecule has 0 atom stereocenters. The van der Waals surface area contributed by atoms with Crippen LogP contribution in [0.1, 0.15) is 5.56 Å². The Hall–Kier alpha value is -1.72. The third-order valence-electron chi connectivity index (χ3n) is 4.63. The molecule has 1 heterocycles. The van der Waals surface area contributed by atoms with Crippen LogP contribution in [0.3, 0.4) is 0 Å². The van der Waals surface area contributed by atoms with Crippen LogP contribution in [0.25, 0.3) is 11.1 Å². The summed E-state index contributed by atoms with van der Waals surface area (Å²) < 4.78 is 0. The van der Waals surface area contributed by atoms with Crippen molar-refractivity contribution in [1.29, 1.82) is 0 Å². The first-order valence-corrected chi connectivity index (χ1v) is 9.41. The van der Waals surface area contributed by atoms with E-state index in [4.69, 9.17) is 0 Å². The molecule has 0 bridgehead atoms. The largest absolute Gasteiger partial charge is 0.314 e. The maximum absolute atomic E-state index is 3.52. The Bertz CT molecular complexity index is 585. The van der Waals surface area contributed by atoms with Gasteiger partial charge in [0.2, 0.25) is 0 Å². The van der Waals surface area contributed by atoms with E-state index in [0.717, 1.165) is 58.9 Å². The van der Waals surface area contributed by atoms with Crippen LogP contribution in [0.5, 0.6) is 0 Å². The average molecular weight is 338 g/mol. The van der Waals surface area contributed by atoms with Gasteiger partial charge in [-0.25, -0.2) is 0 Å². The summed E-state index contributed by atoms with van der Waals surface area (Å²) in [4.78, 5) is 2.53. The number of rotatable bonds is 3. The summed E-state index contributed by atoms with van der Waals surface area (Å²) in [5.74, 6) is 0. The van der Waals surface area contributed by atoms with E-state index in [1.54, 1.807) is 0 Å². The molecule has 25 heavy (non-hydrogen) atoms. The van der Waals surface area contributed by atoms with Gasteiger partial charge in [-0.05, 0) is 16.7 Å². The molecule has 1 aliphatic heterocycles. The third kappa shape index (κ3) is 6.25. The molecular weight excluding hydrogens is 308 g/mol. The van der Waals surface area contributed by atoms with Gasteiger partial charge < -0.3 is 16.0 Å². The van der Waals surface area contributed by atoms with Gasteiger partial charge in [-0.2, -0.15) is 0 Å². The molecule has 3 N–H and O–H groups in total. The minimum Gasteiger partial charge on any atom is -0.314 e. The zero-order valence-corrected chi connectivity index (χ0v) is 15.0. The van der Waals surface area contributed by atoms with Crippen molar-refractivity contribution < 1.29 is 0 Å². The van der Waals surface area contributed by atoms with Gasteiger partial charge in [-0.15, -0.1) is 0 Å². The van der Waals surface area contributed by atoms with E-state index in [9.17, 15) is 0 Å². The highest BCUT2D eigenvalue weighted by Gasteiger charge is 2.07. The Morgan fingerprint density at radius 2 is 1.12 bits per heavy atom. The van der Waals surface area contributed by atoms with Gasteiger partial charge in [0.15, 0.2) is 0 Å². The maximum Gasteiger partial charge on any atom is 0.0234 e. The molecular formula is C21H30N4. The number of nitrogens with zero attached hydrogens (tertiary/aromatic N) is 1. The lowest BCUT2D eigenvalue weighted by molar-refractivity contribution is 0.263. The van der Waals surface area contributed by atoms with Crippen LogP contribution in [0.2, 0.25) is 0 Å². The van der Waals surface area contributed by atoms with Crippen LogP contribution >= 0.6 is 0 Å². The first-order valence-electron chi connectivity index (χ1n) is 9.41. The molecule has 2 aromatic rings. The Balaban J connectivity index is 1.56. The highest BCUT2D eigenvalue weighted by atomic mass is 15.2. The molecule has 0 amide bonds. The molecule has 0 radical (unpaired) electrons. The molecule has 1 fully saturated rings. The van der Waals surface area contributed by atoms with Gasteiger partial charge in [-0.1, -0.05) is 54.6 Å². The highest BCUT2D eigenvalue weighted by Crippen LogP contribution is 2.19. The van der Waals surface area contributed by atoms with Gasteiger partial charge in [0.1, 0.15) is 0 Å². The van der Waals surface area contributed by atoms with Crippen molar-refractivity contribution in [2.24, 2.45) is 0 Å². The van der Waals surface area contributed by atoms with E-state index in [1.807, 2.05) is 0 Å². The lowest BCUT2D eigenvalue weighted by Crippen LogP contribution is -2.41. The van der Waals surface area contributed by atoms with Crippen molar-refractivity contribution in [3.05, 3.63) is 60.2 Å². The van der Waals surface area contributed by atoms with Crippen molar-refractivity contribution in [3.8, 4) is 11.1 Å². The van der Waals surface area contributed by atoms with Crippen molar-refractivity contribution in [2.45, 2.75) is 6.54 Å². The van der Waals surface area contributed by atoms with E-state index in [2.05, 4.69) is 75.4 Å². The lowest BCUT2D eigenvalue weighted by Gasteiger charge is -2.24. The summed E-state index contributed by atoms with van der Waals surface area (Å²) in [5.41, 5.74) is 3.95. The van der Waals surface area contributed by atoms with Crippen molar-refractivity contribution in [1.82, 2.24) is 20.9 Å². The minimum atomic E-state index is 1.01. The molecule has 0 unspecified atom stereocenters. The first-order chi connectivity index (χ1) is 12.4. The molecule has 4 heteroatoms. The fourth-order valence-corrected chi connectivity index (χ4v) is 3.16. The summed E-state index contributed by atoms with van der Waals surface area (Å²) in [7, 11) is 0. The standard InChI is InChI=1S/C21H30N4/c1-2-4-20(5-3-1)21-8-6-19(7-9-21)18-25-16-14-23-12-10-22-11-13-24-15-17-25/h1-9,22-24H,10-18H2. The zero-order chi connectivity index (χ0) is 17.2. The summed E-state index contributed by atoms with van der Waals surface area (Å²) in [6.45, 7) is 9.44. The summed E-state index contributed by atoms with van der Waals surface area (Å²) >= 11 is 0. The average Bonchev–Trinajstić information content (AvgIpc) is 2.65. The molecule has 0 aromatic heterocycles. The normalized spacial score (nSPS) is 18.2. The Morgan fingerprint density at radius 1 is 0.600 bits per heavy atom. The van der Waals surface area contributed by atoms with Gasteiger partial charge in [0.25, 0.3) is 0 Å². The molecule has 1 saturated heterocycles. The molecule has 0 spiro atoms. The maximum atomic E-state index is 3.52. The highest BCUT2D eigenvalue weighted by molar-refractivity contribution is 5.63. The predicted octanol–water partition coefficient (Wildman–Crippen LogP) is 1.94. The van der Waals surface area contributed by atoms with E-state index in [0.29, 0.717) is 0 Å². The molecule has 3 rings (SSSR count). The quantitative estimate of drug-likeness (QED) is 0.800. The van der Waals surface area contributed by atoms with Crippen LogP contribution in [-0.4, -0.2) is 57.3 Å². The van der Waals surface area contributed by atoms with Crippen LogP contribution in [0, 0.1) is 0 Å².